The number of nitrogens with two attached hydrogens (primary N) is 1. The second-order valence-corrected chi connectivity index (χ2v) is 5.63. The summed E-state index contributed by atoms with van der Waals surface area (Å²) in [7, 11) is 0. The molecule has 3 nitrogen and oxygen atoms in total. The molecule has 0 aliphatic heterocycles. The van der Waals surface area contributed by atoms with Crippen molar-refractivity contribution < 1.29 is 9.18 Å². The molecule has 1 saturated carbocycles. The first kappa shape index (κ1) is 13.8. The number of rotatable bonds is 5. The summed E-state index contributed by atoms with van der Waals surface area (Å²) in [5.74, 6) is -0.845. The number of hydrogen-bond donors (Lipinski definition) is 2. The lowest BCUT2D eigenvalue weighted by molar-refractivity contribution is 0.0939. The number of carbonyl (C=O) groups excluding carboxylic acids is 1. The molecule has 0 spiro atoms. The molecule has 0 bridgehead atoms. The Morgan fingerprint density at radius 3 is 2.74 bits per heavy atom. The van der Waals surface area contributed by atoms with E-state index < -0.39 is 5.82 Å². The van der Waals surface area contributed by atoms with E-state index in [0.29, 0.717) is 17.8 Å². The van der Waals surface area contributed by atoms with Gasteiger partial charge < -0.3 is 11.1 Å². The molecule has 0 aromatic heterocycles. The molecule has 1 fully saturated rings. The van der Waals surface area contributed by atoms with Gasteiger partial charge in [-0.3, -0.25) is 4.79 Å². The van der Waals surface area contributed by atoms with E-state index in [1.807, 2.05) is 0 Å². The van der Waals surface area contributed by atoms with E-state index in [-0.39, 0.29) is 16.9 Å². The summed E-state index contributed by atoms with van der Waals surface area (Å²) >= 11 is 0. The fourth-order valence-electron chi connectivity index (χ4n) is 2.55. The lowest BCUT2D eigenvalue weighted by Gasteiger charge is -2.15. The van der Waals surface area contributed by atoms with E-state index >= 15 is 0 Å². The zero-order chi connectivity index (χ0) is 14.0. The maximum Gasteiger partial charge on any atom is 0.254 e. The highest BCUT2D eigenvalue weighted by Crippen LogP contribution is 2.48. The molecule has 1 aromatic rings. The Kier molecular flexibility index (Phi) is 3.78. The van der Waals surface area contributed by atoms with E-state index in [0.717, 1.165) is 25.7 Å². The van der Waals surface area contributed by atoms with Crippen molar-refractivity contribution in [3.05, 3.63) is 29.1 Å². The molecule has 0 unspecified atom stereocenters. The number of aryl methyl sites for hydroxylation is 1. The third-order valence-corrected chi connectivity index (χ3v) is 3.88. The number of nitrogens with one attached hydrogen (secondary N) is 1. The minimum atomic E-state index is -0.480. The van der Waals surface area contributed by atoms with Crippen LogP contribution in [0.5, 0.6) is 0 Å². The fourth-order valence-corrected chi connectivity index (χ4v) is 2.55. The lowest BCUT2D eigenvalue weighted by atomic mass is 10.0. The van der Waals surface area contributed by atoms with Crippen LogP contribution in [0.4, 0.5) is 10.1 Å². The van der Waals surface area contributed by atoms with Crippen LogP contribution in [-0.2, 0) is 0 Å². The molecule has 0 atom stereocenters. The van der Waals surface area contributed by atoms with Gasteiger partial charge in [-0.2, -0.15) is 0 Å². The van der Waals surface area contributed by atoms with Gasteiger partial charge in [-0.1, -0.05) is 13.3 Å². The summed E-state index contributed by atoms with van der Waals surface area (Å²) in [5.41, 5.74) is 6.79. The molecule has 104 valence electrons. The fraction of sp³-hybridized carbons (Fsp3) is 0.533. The van der Waals surface area contributed by atoms with Crippen molar-refractivity contribution in [3.8, 4) is 0 Å². The molecule has 0 radical (unpaired) electrons. The van der Waals surface area contributed by atoms with Crippen LogP contribution in [-0.4, -0.2) is 12.5 Å². The predicted octanol–water partition coefficient (Wildman–Crippen LogP) is 3.03. The van der Waals surface area contributed by atoms with Gasteiger partial charge in [-0.25, -0.2) is 4.39 Å². The number of benzene rings is 1. The number of anilines is 1. The highest BCUT2D eigenvalue weighted by molar-refractivity contribution is 5.95. The van der Waals surface area contributed by atoms with Crippen LogP contribution in [0.25, 0.3) is 0 Å². The van der Waals surface area contributed by atoms with Crippen LogP contribution in [0.3, 0.4) is 0 Å². The Morgan fingerprint density at radius 2 is 2.16 bits per heavy atom. The highest BCUT2D eigenvalue weighted by atomic mass is 19.1. The molecule has 0 saturated heterocycles. The van der Waals surface area contributed by atoms with Crippen molar-refractivity contribution in [1.82, 2.24) is 5.32 Å². The maximum absolute atomic E-state index is 13.9. The zero-order valence-corrected chi connectivity index (χ0v) is 11.6. The first-order valence-corrected chi connectivity index (χ1v) is 6.81. The molecule has 1 aromatic carbocycles. The Hall–Kier alpha value is -1.58. The van der Waals surface area contributed by atoms with E-state index in [2.05, 4.69) is 12.2 Å². The average Bonchev–Trinajstić information content (AvgIpc) is 3.12. The largest absolute Gasteiger partial charge is 0.399 e. The van der Waals surface area contributed by atoms with Crippen LogP contribution >= 0.6 is 0 Å². The van der Waals surface area contributed by atoms with Crippen LogP contribution in [0.15, 0.2) is 12.1 Å². The molecule has 1 aliphatic carbocycles. The minimum Gasteiger partial charge on any atom is -0.399 e. The smallest absolute Gasteiger partial charge is 0.254 e. The van der Waals surface area contributed by atoms with Crippen molar-refractivity contribution in [2.24, 2.45) is 5.41 Å². The predicted molar refractivity (Wildman–Crippen MR) is 74.5 cm³/mol. The number of amides is 1. The van der Waals surface area contributed by atoms with Crippen molar-refractivity contribution in [2.75, 3.05) is 12.3 Å². The molecule has 2 rings (SSSR count). The Labute approximate surface area is 113 Å². The van der Waals surface area contributed by atoms with Crippen LogP contribution < -0.4 is 11.1 Å². The van der Waals surface area contributed by atoms with E-state index in [4.69, 9.17) is 5.73 Å². The summed E-state index contributed by atoms with van der Waals surface area (Å²) < 4.78 is 13.9. The van der Waals surface area contributed by atoms with Gasteiger partial charge in [0, 0.05) is 12.2 Å². The summed E-state index contributed by atoms with van der Waals surface area (Å²) in [6, 6.07) is 2.93. The second-order valence-electron chi connectivity index (χ2n) is 5.63. The molecule has 1 amide bonds. The molecule has 1 aliphatic rings. The SMILES string of the molecule is CCCC1(CNC(=O)c2cc(N)cc(C)c2F)CC1. The molecule has 0 heterocycles. The summed E-state index contributed by atoms with van der Waals surface area (Å²) in [6.45, 7) is 4.39. The monoisotopic (exact) mass is 264 g/mol. The first-order chi connectivity index (χ1) is 8.97. The van der Waals surface area contributed by atoms with Gasteiger partial charge in [0.15, 0.2) is 0 Å². The maximum atomic E-state index is 13.9. The standard InChI is InChI=1S/C15H21FN2O/c1-3-4-15(5-6-15)9-18-14(19)12-8-11(17)7-10(2)13(12)16/h7-8H,3-6,9,17H2,1-2H3,(H,18,19). The van der Waals surface area contributed by atoms with E-state index in [9.17, 15) is 9.18 Å². The van der Waals surface area contributed by atoms with Gasteiger partial charge >= 0.3 is 0 Å². The topological polar surface area (TPSA) is 55.1 Å². The van der Waals surface area contributed by atoms with Gasteiger partial charge in [-0.05, 0) is 49.3 Å². The molecular weight excluding hydrogens is 243 g/mol. The third-order valence-electron chi connectivity index (χ3n) is 3.88. The molecule has 3 N–H and O–H groups in total. The average molecular weight is 264 g/mol. The third kappa shape index (κ3) is 3.06. The van der Waals surface area contributed by atoms with E-state index in [1.54, 1.807) is 6.92 Å². The quantitative estimate of drug-likeness (QED) is 0.803. The zero-order valence-electron chi connectivity index (χ0n) is 11.6. The number of hydrogen-bond acceptors (Lipinski definition) is 2. The van der Waals surface area contributed by atoms with Crippen molar-refractivity contribution in [3.63, 3.8) is 0 Å². The van der Waals surface area contributed by atoms with Crippen molar-refractivity contribution in [1.29, 1.82) is 0 Å². The highest BCUT2D eigenvalue weighted by Gasteiger charge is 2.41. The normalized spacial score (nSPS) is 16.2. The van der Waals surface area contributed by atoms with Crippen LogP contribution in [0.1, 0.15) is 48.5 Å². The summed E-state index contributed by atoms with van der Waals surface area (Å²) in [6.07, 6.45) is 4.53. The van der Waals surface area contributed by atoms with E-state index in [1.165, 1.54) is 12.1 Å². The molecule has 19 heavy (non-hydrogen) atoms. The number of nitrogen functional groups attached to an aromatic ring is 1. The molecule has 4 heteroatoms. The Morgan fingerprint density at radius 1 is 1.47 bits per heavy atom. The summed E-state index contributed by atoms with van der Waals surface area (Å²) in [4.78, 5) is 12.0. The van der Waals surface area contributed by atoms with Gasteiger partial charge in [-0.15, -0.1) is 0 Å². The lowest BCUT2D eigenvalue weighted by Crippen LogP contribution is -2.31. The van der Waals surface area contributed by atoms with Gasteiger partial charge in [0.05, 0.1) is 5.56 Å². The Bertz CT molecular complexity index is 495. The van der Waals surface area contributed by atoms with Gasteiger partial charge in [0.25, 0.3) is 5.91 Å². The van der Waals surface area contributed by atoms with Crippen molar-refractivity contribution in [2.45, 2.75) is 39.5 Å². The van der Waals surface area contributed by atoms with Crippen molar-refractivity contribution >= 4 is 11.6 Å². The Balaban J connectivity index is 2.04. The van der Waals surface area contributed by atoms with Gasteiger partial charge in [0.1, 0.15) is 5.82 Å². The van der Waals surface area contributed by atoms with Gasteiger partial charge in [0.2, 0.25) is 0 Å². The number of carbonyl (C=O) groups is 1. The number of halogens is 1. The minimum absolute atomic E-state index is 0.0461. The summed E-state index contributed by atoms with van der Waals surface area (Å²) in [5, 5.41) is 2.85. The second kappa shape index (κ2) is 5.19. The van der Waals surface area contributed by atoms with Crippen LogP contribution in [0, 0.1) is 18.2 Å². The first-order valence-electron chi connectivity index (χ1n) is 6.81. The molecular formula is C15H21FN2O. The van der Waals surface area contributed by atoms with Crippen LogP contribution in [0.2, 0.25) is 0 Å².